The van der Waals surface area contributed by atoms with Gasteiger partial charge in [-0.3, -0.25) is 4.79 Å². The van der Waals surface area contributed by atoms with Crippen LogP contribution in [0.1, 0.15) is 57.8 Å². The molecule has 1 aromatic heterocycles. The van der Waals surface area contributed by atoms with Crippen molar-refractivity contribution in [2.45, 2.75) is 71.9 Å². The molecule has 1 aromatic carbocycles. The number of nitrogens with one attached hydrogen (secondary N) is 1. The van der Waals surface area contributed by atoms with Crippen LogP contribution >= 0.6 is 0 Å². The zero-order valence-electron chi connectivity index (χ0n) is 20.7. The van der Waals surface area contributed by atoms with Gasteiger partial charge in [-0.05, 0) is 78.5 Å². The average molecular weight is 467 g/mol. The third-order valence-corrected chi connectivity index (χ3v) is 6.13. The minimum absolute atomic E-state index is 0.0522. The summed E-state index contributed by atoms with van der Waals surface area (Å²) in [5.74, 6) is 0.835. The highest BCUT2D eigenvalue weighted by Gasteiger charge is 2.33. The summed E-state index contributed by atoms with van der Waals surface area (Å²) in [6.45, 7) is 10.5. The number of likely N-dealkylation sites (tertiary alicyclic amines) is 1. The van der Waals surface area contributed by atoms with Gasteiger partial charge in [0.25, 0.3) is 0 Å². The zero-order chi connectivity index (χ0) is 24.5. The van der Waals surface area contributed by atoms with E-state index in [1.165, 1.54) is 0 Å². The molecule has 4 rings (SSSR count). The van der Waals surface area contributed by atoms with Gasteiger partial charge in [0.1, 0.15) is 24.3 Å². The van der Waals surface area contributed by atoms with Gasteiger partial charge in [-0.25, -0.2) is 14.8 Å². The van der Waals surface area contributed by atoms with Crippen LogP contribution in [0.4, 0.5) is 10.5 Å². The van der Waals surface area contributed by atoms with Gasteiger partial charge in [0.2, 0.25) is 5.91 Å². The van der Waals surface area contributed by atoms with Gasteiger partial charge in [0.05, 0.1) is 6.04 Å². The number of nitrogens with zero attached hydrogens (tertiary/aromatic N) is 3. The molecule has 2 aromatic rings. The quantitative estimate of drug-likeness (QED) is 0.652. The number of benzene rings is 1. The fraction of sp³-hybridized carbons (Fsp3) is 0.538. The van der Waals surface area contributed by atoms with Crippen LogP contribution in [0.25, 0.3) is 11.1 Å². The highest BCUT2D eigenvalue weighted by atomic mass is 16.6. The summed E-state index contributed by atoms with van der Waals surface area (Å²) in [5.41, 5.74) is 3.56. The molecule has 182 valence electrons. The number of hydrogen-bond acceptors (Lipinski definition) is 6. The molecule has 2 amide bonds. The van der Waals surface area contributed by atoms with Gasteiger partial charge in [0.15, 0.2) is 0 Å². The Hall–Kier alpha value is -3.16. The molecule has 0 radical (unpaired) electrons. The summed E-state index contributed by atoms with van der Waals surface area (Å²) < 4.78 is 11.9. The predicted molar refractivity (Wildman–Crippen MR) is 130 cm³/mol. The minimum Gasteiger partial charge on any atom is -0.491 e. The van der Waals surface area contributed by atoms with Crippen molar-refractivity contribution in [2.24, 2.45) is 5.92 Å². The van der Waals surface area contributed by atoms with E-state index in [1.807, 2.05) is 52.8 Å². The molecule has 8 heteroatoms. The van der Waals surface area contributed by atoms with E-state index in [0.29, 0.717) is 18.9 Å². The molecule has 0 bridgehead atoms. The van der Waals surface area contributed by atoms with Crippen molar-refractivity contribution in [1.82, 2.24) is 14.9 Å². The molecule has 0 spiro atoms. The van der Waals surface area contributed by atoms with Crippen molar-refractivity contribution < 1.29 is 19.1 Å². The van der Waals surface area contributed by atoms with E-state index >= 15 is 0 Å². The van der Waals surface area contributed by atoms with Crippen LogP contribution in [0.15, 0.2) is 24.5 Å². The second kappa shape index (κ2) is 9.60. The second-order valence-electron chi connectivity index (χ2n) is 10.2. The van der Waals surface area contributed by atoms with Gasteiger partial charge >= 0.3 is 6.09 Å². The zero-order valence-corrected chi connectivity index (χ0v) is 20.7. The Balaban J connectivity index is 1.57. The average Bonchev–Trinajstić information content (AvgIpc) is 3.50. The number of aromatic nitrogens is 2. The van der Waals surface area contributed by atoms with Crippen molar-refractivity contribution in [3.63, 3.8) is 0 Å². The van der Waals surface area contributed by atoms with E-state index in [4.69, 9.17) is 9.47 Å². The van der Waals surface area contributed by atoms with Crippen molar-refractivity contribution in [2.75, 3.05) is 18.5 Å². The fourth-order valence-corrected chi connectivity index (χ4v) is 4.26. The molecule has 34 heavy (non-hydrogen) atoms. The van der Waals surface area contributed by atoms with E-state index in [2.05, 4.69) is 15.3 Å². The summed E-state index contributed by atoms with van der Waals surface area (Å²) in [4.78, 5) is 35.5. The van der Waals surface area contributed by atoms with Crippen LogP contribution in [0.5, 0.6) is 5.75 Å². The second-order valence-corrected chi connectivity index (χ2v) is 10.2. The highest BCUT2D eigenvalue weighted by Crippen LogP contribution is 2.37. The van der Waals surface area contributed by atoms with Crippen LogP contribution in [0.2, 0.25) is 0 Å². The number of anilines is 1. The third kappa shape index (κ3) is 5.66. The predicted octanol–water partition coefficient (Wildman–Crippen LogP) is 4.89. The maximum atomic E-state index is 12.7. The number of ether oxygens (including phenoxy) is 2. The monoisotopic (exact) mass is 466 g/mol. The van der Waals surface area contributed by atoms with Gasteiger partial charge < -0.3 is 19.7 Å². The molecule has 1 N–H and O–H groups in total. The lowest BCUT2D eigenvalue weighted by Crippen LogP contribution is -2.42. The number of carbonyl (C=O) groups excluding carboxylic acids is 2. The number of amides is 2. The summed E-state index contributed by atoms with van der Waals surface area (Å²) in [6.07, 6.45) is 4.90. The van der Waals surface area contributed by atoms with Crippen LogP contribution in [-0.4, -0.2) is 51.7 Å². The largest absolute Gasteiger partial charge is 0.491 e. The Bertz CT molecular complexity index is 1050. The Kier molecular flexibility index (Phi) is 6.77. The van der Waals surface area contributed by atoms with Crippen LogP contribution in [0, 0.1) is 19.8 Å². The molecule has 2 fully saturated rings. The maximum absolute atomic E-state index is 12.7. The van der Waals surface area contributed by atoms with Crippen molar-refractivity contribution in [3.05, 3.63) is 35.9 Å². The Morgan fingerprint density at radius 1 is 1.12 bits per heavy atom. The minimum atomic E-state index is -0.540. The summed E-state index contributed by atoms with van der Waals surface area (Å²) >= 11 is 0. The number of hydrogen-bond donors (Lipinski definition) is 1. The van der Waals surface area contributed by atoms with E-state index in [-0.39, 0.29) is 24.0 Å². The van der Waals surface area contributed by atoms with Crippen LogP contribution in [0.3, 0.4) is 0 Å². The molecule has 1 saturated heterocycles. The first kappa shape index (κ1) is 24.0. The lowest BCUT2D eigenvalue weighted by atomic mass is 10.0. The topological polar surface area (TPSA) is 93.6 Å². The fourth-order valence-electron chi connectivity index (χ4n) is 4.26. The van der Waals surface area contributed by atoms with Gasteiger partial charge in [0, 0.05) is 40.7 Å². The smallest absolute Gasteiger partial charge is 0.410 e. The molecule has 8 nitrogen and oxygen atoms in total. The van der Waals surface area contributed by atoms with E-state index in [0.717, 1.165) is 53.9 Å². The molecule has 1 atom stereocenters. The van der Waals surface area contributed by atoms with Gasteiger partial charge in [-0.1, -0.05) is 0 Å². The maximum Gasteiger partial charge on any atom is 0.410 e. The molecule has 0 unspecified atom stereocenters. The van der Waals surface area contributed by atoms with E-state index in [1.54, 1.807) is 11.2 Å². The first-order valence-corrected chi connectivity index (χ1v) is 12.0. The Labute approximate surface area is 201 Å². The summed E-state index contributed by atoms with van der Waals surface area (Å²) in [7, 11) is 0. The number of carbonyl (C=O) groups is 2. The first-order valence-electron chi connectivity index (χ1n) is 12.0. The molecule has 1 aliphatic heterocycles. The SMILES string of the molecule is Cc1ncnc(C)c1-c1cc(NC(=O)C2CC2)ccc1OC[C@@H]1CCCN1C(=O)OC(C)(C)C. The molecular formula is C26H34N4O4. The highest BCUT2D eigenvalue weighted by molar-refractivity contribution is 5.95. The van der Waals surface area contributed by atoms with Crippen molar-refractivity contribution >= 4 is 17.7 Å². The lowest BCUT2D eigenvalue weighted by molar-refractivity contribution is -0.117. The van der Waals surface area contributed by atoms with E-state index in [9.17, 15) is 9.59 Å². The first-order chi connectivity index (χ1) is 16.1. The van der Waals surface area contributed by atoms with Crippen molar-refractivity contribution in [1.29, 1.82) is 0 Å². The van der Waals surface area contributed by atoms with Crippen molar-refractivity contribution in [3.8, 4) is 16.9 Å². The normalized spacial score (nSPS) is 18.0. The van der Waals surface area contributed by atoms with Crippen LogP contribution in [-0.2, 0) is 9.53 Å². The van der Waals surface area contributed by atoms with Gasteiger partial charge in [-0.15, -0.1) is 0 Å². The van der Waals surface area contributed by atoms with Gasteiger partial charge in [-0.2, -0.15) is 0 Å². The third-order valence-electron chi connectivity index (χ3n) is 6.13. The molecular weight excluding hydrogens is 432 g/mol. The Morgan fingerprint density at radius 3 is 2.47 bits per heavy atom. The lowest BCUT2D eigenvalue weighted by Gasteiger charge is -2.28. The Morgan fingerprint density at radius 2 is 1.82 bits per heavy atom. The molecule has 2 aliphatic rings. The molecule has 2 heterocycles. The van der Waals surface area contributed by atoms with E-state index < -0.39 is 5.60 Å². The molecule has 1 aliphatic carbocycles. The number of rotatable bonds is 6. The summed E-state index contributed by atoms with van der Waals surface area (Å²) in [5, 5.41) is 3.02. The summed E-state index contributed by atoms with van der Waals surface area (Å²) in [6, 6.07) is 5.59. The number of aryl methyl sites for hydroxylation is 2. The molecule has 1 saturated carbocycles. The standard InChI is InChI=1S/C26H34N4O4/c1-16-23(17(2)28-15-27-16)21-13-19(29-24(31)18-8-9-18)10-11-22(21)33-14-20-7-6-12-30(20)25(32)34-26(3,4)5/h10-11,13,15,18,20H,6-9,12,14H2,1-5H3,(H,29,31)/t20-/m0/s1. The van der Waals surface area contributed by atoms with Crippen LogP contribution < -0.4 is 10.1 Å².